The van der Waals surface area contributed by atoms with Crippen molar-refractivity contribution < 1.29 is 14.3 Å². The number of rotatable bonds is 6. The molecule has 6 nitrogen and oxygen atoms in total. The van der Waals surface area contributed by atoms with Crippen molar-refractivity contribution in [3.63, 3.8) is 0 Å². The first-order chi connectivity index (χ1) is 14.9. The van der Waals surface area contributed by atoms with Gasteiger partial charge in [0.25, 0.3) is 11.5 Å². The molecule has 1 fully saturated rings. The quantitative estimate of drug-likeness (QED) is 0.655. The van der Waals surface area contributed by atoms with Gasteiger partial charge in [-0.3, -0.25) is 9.59 Å². The first-order valence-corrected chi connectivity index (χ1v) is 10.6. The maximum absolute atomic E-state index is 13.4. The summed E-state index contributed by atoms with van der Waals surface area (Å²) >= 11 is 0. The van der Waals surface area contributed by atoms with Crippen molar-refractivity contribution in [2.45, 2.75) is 39.3 Å². The fourth-order valence-electron chi connectivity index (χ4n) is 4.25. The highest BCUT2D eigenvalue weighted by Crippen LogP contribution is 2.21. The lowest BCUT2D eigenvalue weighted by Crippen LogP contribution is -2.38. The molecule has 0 aliphatic carbocycles. The minimum Gasteiger partial charge on any atom is -0.497 e. The highest BCUT2D eigenvalue weighted by Gasteiger charge is 2.25. The third kappa shape index (κ3) is 4.64. The number of carbonyl (C=O) groups is 1. The summed E-state index contributed by atoms with van der Waals surface area (Å²) in [7, 11) is 1.58. The second-order valence-electron chi connectivity index (χ2n) is 8.22. The first kappa shape index (κ1) is 21.1. The highest BCUT2D eigenvalue weighted by atomic mass is 16.5. The number of nitrogens with zero attached hydrogens (tertiary/aromatic N) is 1. The van der Waals surface area contributed by atoms with E-state index < -0.39 is 0 Å². The number of carbonyl (C=O) groups excluding carboxylic acids is 1. The molecule has 0 bridgehead atoms. The third-order valence-corrected chi connectivity index (χ3v) is 5.78. The van der Waals surface area contributed by atoms with Crippen LogP contribution in [0.3, 0.4) is 0 Å². The molecule has 6 heteroatoms. The molecular weight excluding hydrogens is 392 g/mol. The zero-order valence-corrected chi connectivity index (χ0v) is 18.2. The van der Waals surface area contributed by atoms with Gasteiger partial charge in [0, 0.05) is 24.3 Å². The maximum Gasteiger partial charge on any atom is 0.254 e. The average Bonchev–Trinajstić information content (AvgIpc) is 3.27. The Bertz CT molecular complexity index is 1160. The summed E-state index contributed by atoms with van der Waals surface area (Å²) in [5, 5.41) is 0.970. The highest BCUT2D eigenvalue weighted by molar-refractivity contribution is 5.94. The molecule has 1 aromatic heterocycles. The summed E-state index contributed by atoms with van der Waals surface area (Å²) in [6, 6.07) is 13.1. The SMILES string of the molecule is COc1cccc(C(=O)N(Cc2cc3cc(C)cc(C)c3[nH]c2=O)C[C@H]2CCCO2)c1. The number of hydrogen-bond acceptors (Lipinski definition) is 4. The second kappa shape index (κ2) is 8.94. The van der Waals surface area contributed by atoms with Gasteiger partial charge in [0.2, 0.25) is 0 Å². The Morgan fingerprint density at radius 1 is 1.23 bits per heavy atom. The van der Waals surface area contributed by atoms with Gasteiger partial charge in [-0.1, -0.05) is 17.7 Å². The topological polar surface area (TPSA) is 71.6 Å². The van der Waals surface area contributed by atoms with Crippen LogP contribution in [0.25, 0.3) is 10.9 Å². The van der Waals surface area contributed by atoms with E-state index >= 15 is 0 Å². The molecule has 1 amide bonds. The Labute approximate surface area is 181 Å². The molecule has 1 aliphatic rings. The number of fused-ring (bicyclic) bond motifs is 1. The minimum atomic E-state index is -0.171. The molecule has 1 saturated heterocycles. The van der Waals surface area contributed by atoms with Crippen molar-refractivity contribution >= 4 is 16.8 Å². The van der Waals surface area contributed by atoms with Gasteiger partial charge < -0.3 is 19.4 Å². The number of H-pyrrole nitrogens is 1. The average molecular weight is 421 g/mol. The number of aryl methyl sites for hydroxylation is 2. The summed E-state index contributed by atoms with van der Waals surface area (Å²) in [5.74, 6) is 0.478. The van der Waals surface area contributed by atoms with Crippen molar-refractivity contribution in [1.29, 1.82) is 0 Å². The number of amides is 1. The minimum absolute atomic E-state index is 0.0152. The normalized spacial score (nSPS) is 15.9. The van der Waals surface area contributed by atoms with Crippen molar-refractivity contribution in [3.8, 4) is 5.75 Å². The molecule has 2 aromatic carbocycles. The Morgan fingerprint density at radius 3 is 2.81 bits per heavy atom. The lowest BCUT2D eigenvalue weighted by Gasteiger charge is -2.26. The molecule has 1 atom stereocenters. The van der Waals surface area contributed by atoms with E-state index in [9.17, 15) is 9.59 Å². The molecular formula is C25H28N2O4. The van der Waals surface area contributed by atoms with Gasteiger partial charge in [-0.05, 0) is 68.0 Å². The molecule has 162 valence electrons. The van der Waals surface area contributed by atoms with Crippen LogP contribution in [0, 0.1) is 13.8 Å². The van der Waals surface area contributed by atoms with E-state index in [4.69, 9.17) is 9.47 Å². The number of methoxy groups -OCH3 is 1. The molecule has 0 saturated carbocycles. The Kier molecular flexibility index (Phi) is 6.09. The van der Waals surface area contributed by atoms with Crippen LogP contribution in [-0.4, -0.2) is 42.2 Å². The monoisotopic (exact) mass is 420 g/mol. The molecule has 4 rings (SSSR count). The van der Waals surface area contributed by atoms with Gasteiger partial charge in [0.1, 0.15) is 5.75 Å². The van der Waals surface area contributed by atoms with Crippen LogP contribution in [0.2, 0.25) is 0 Å². The van der Waals surface area contributed by atoms with Crippen molar-refractivity contribution in [2.24, 2.45) is 0 Å². The first-order valence-electron chi connectivity index (χ1n) is 10.6. The van der Waals surface area contributed by atoms with Crippen LogP contribution in [0.5, 0.6) is 5.75 Å². The Balaban J connectivity index is 1.69. The van der Waals surface area contributed by atoms with E-state index in [1.165, 1.54) is 0 Å². The Hall–Kier alpha value is -3.12. The van der Waals surface area contributed by atoms with E-state index in [0.29, 0.717) is 30.0 Å². The van der Waals surface area contributed by atoms with Crippen LogP contribution in [0.4, 0.5) is 0 Å². The number of nitrogens with one attached hydrogen (secondary N) is 1. The number of ether oxygens (including phenoxy) is 2. The molecule has 2 heterocycles. The standard InChI is InChI=1S/C25H28N2O4/c1-16-10-17(2)23-19(11-16)12-20(24(28)26-23)14-27(15-22-8-5-9-31-22)25(29)18-6-4-7-21(13-18)30-3/h4,6-7,10-13,22H,5,8-9,14-15H2,1-3H3,(H,26,28)/t22-/m1/s1. The predicted octanol–water partition coefficient (Wildman–Crippen LogP) is 3.97. The number of pyridine rings is 1. The van der Waals surface area contributed by atoms with E-state index in [1.807, 2.05) is 26.0 Å². The molecule has 0 unspecified atom stereocenters. The van der Waals surface area contributed by atoms with Crippen LogP contribution < -0.4 is 10.3 Å². The number of aromatic amines is 1. The van der Waals surface area contributed by atoms with E-state index in [0.717, 1.165) is 34.9 Å². The van der Waals surface area contributed by atoms with E-state index in [1.54, 1.807) is 36.3 Å². The van der Waals surface area contributed by atoms with Crippen molar-refractivity contribution in [3.05, 3.63) is 75.1 Å². The fourth-order valence-corrected chi connectivity index (χ4v) is 4.25. The molecule has 1 aliphatic heterocycles. The molecule has 0 radical (unpaired) electrons. The molecule has 31 heavy (non-hydrogen) atoms. The van der Waals surface area contributed by atoms with Gasteiger partial charge in [-0.25, -0.2) is 0 Å². The van der Waals surface area contributed by atoms with Gasteiger partial charge in [-0.15, -0.1) is 0 Å². The van der Waals surface area contributed by atoms with Crippen molar-refractivity contribution in [2.75, 3.05) is 20.3 Å². The fraction of sp³-hybridized carbons (Fsp3) is 0.360. The molecule has 3 aromatic rings. The summed E-state index contributed by atoms with van der Waals surface area (Å²) in [4.78, 5) is 31.0. The second-order valence-corrected chi connectivity index (χ2v) is 8.22. The molecule has 1 N–H and O–H groups in total. The smallest absolute Gasteiger partial charge is 0.254 e. The third-order valence-electron chi connectivity index (χ3n) is 5.78. The Morgan fingerprint density at radius 2 is 2.06 bits per heavy atom. The lowest BCUT2D eigenvalue weighted by molar-refractivity contribution is 0.0506. The van der Waals surface area contributed by atoms with Crippen LogP contribution in [0.15, 0.2) is 47.3 Å². The van der Waals surface area contributed by atoms with Gasteiger partial charge in [-0.2, -0.15) is 0 Å². The zero-order valence-electron chi connectivity index (χ0n) is 18.2. The van der Waals surface area contributed by atoms with Gasteiger partial charge in [0.05, 0.1) is 25.3 Å². The van der Waals surface area contributed by atoms with Gasteiger partial charge in [0.15, 0.2) is 0 Å². The summed E-state index contributed by atoms with van der Waals surface area (Å²) in [5.41, 5.74) is 3.92. The number of hydrogen-bond donors (Lipinski definition) is 1. The molecule has 0 spiro atoms. The van der Waals surface area contributed by atoms with Crippen LogP contribution in [-0.2, 0) is 11.3 Å². The van der Waals surface area contributed by atoms with Crippen LogP contribution in [0.1, 0.15) is 39.9 Å². The van der Waals surface area contributed by atoms with Crippen LogP contribution >= 0.6 is 0 Å². The largest absolute Gasteiger partial charge is 0.497 e. The summed E-state index contributed by atoms with van der Waals surface area (Å²) < 4.78 is 11.1. The van der Waals surface area contributed by atoms with Crippen molar-refractivity contribution in [1.82, 2.24) is 9.88 Å². The maximum atomic E-state index is 13.4. The van der Waals surface area contributed by atoms with E-state index in [2.05, 4.69) is 11.1 Å². The van der Waals surface area contributed by atoms with E-state index in [-0.39, 0.29) is 24.1 Å². The number of aromatic nitrogens is 1. The van der Waals surface area contributed by atoms with Gasteiger partial charge >= 0.3 is 0 Å². The summed E-state index contributed by atoms with van der Waals surface area (Å²) in [6.45, 7) is 5.39. The summed E-state index contributed by atoms with van der Waals surface area (Å²) in [6.07, 6.45) is 1.88. The predicted molar refractivity (Wildman–Crippen MR) is 121 cm³/mol. The zero-order chi connectivity index (χ0) is 22.0. The number of benzene rings is 2. The lowest BCUT2D eigenvalue weighted by atomic mass is 10.0.